The Labute approximate surface area is 163 Å². The smallest absolute Gasteiger partial charge is 0.329 e. The Morgan fingerprint density at radius 3 is 2.39 bits per heavy atom. The minimum absolute atomic E-state index is 0.181. The Hall–Kier alpha value is -3.22. The first-order valence-electron chi connectivity index (χ1n) is 8.86. The third kappa shape index (κ3) is 6.19. The summed E-state index contributed by atoms with van der Waals surface area (Å²) in [4.78, 5) is 36.4. The maximum atomic E-state index is 12.9. The highest BCUT2D eigenvalue weighted by atomic mass is 19.1. The lowest BCUT2D eigenvalue weighted by Crippen LogP contribution is -2.43. The lowest BCUT2D eigenvalue weighted by atomic mass is 10.1. The molecule has 0 fully saturated rings. The lowest BCUT2D eigenvalue weighted by Gasteiger charge is -2.17. The molecule has 2 aromatic rings. The van der Waals surface area contributed by atoms with Crippen LogP contribution in [0.25, 0.3) is 0 Å². The summed E-state index contributed by atoms with van der Waals surface area (Å²) in [6, 6.07) is 11.7. The largest absolute Gasteiger partial charge is 0.451 e. The molecule has 0 aliphatic carbocycles. The number of hydrogen-bond acceptors (Lipinski definition) is 4. The maximum Gasteiger partial charge on any atom is 0.329 e. The van der Waals surface area contributed by atoms with Crippen LogP contribution in [0.5, 0.6) is 0 Å². The van der Waals surface area contributed by atoms with Crippen LogP contribution in [0, 0.1) is 12.7 Å². The van der Waals surface area contributed by atoms with Crippen molar-refractivity contribution in [2.24, 2.45) is 0 Å². The molecule has 148 valence electrons. The number of carbonyl (C=O) groups is 3. The fraction of sp³-hybridized carbons (Fsp3) is 0.286. The van der Waals surface area contributed by atoms with Gasteiger partial charge in [0.25, 0.3) is 11.8 Å². The van der Waals surface area contributed by atoms with Crippen LogP contribution in [-0.2, 0) is 20.9 Å². The molecule has 0 aromatic heterocycles. The third-order valence-electron chi connectivity index (χ3n) is 4.02. The minimum Gasteiger partial charge on any atom is -0.451 e. The molecule has 0 spiro atoms. The van der Waals surface area contributed by atoms with E-state index in [9.17, 15) is 18.8 Å². The first-order chi connectivity index (χ1) is 13.3. The normalized spacial score (nSPS) is 12.6. The summed E-state index contributed by atoms with van der Waals surface area (Å²) in [5, 5.41) is 5.16. The molecule has 0 saturated heterocycles. The van der Waals surface area contributed by atoms with Crippen LogP contribution in [-0.4, -0.2) is 29.9 Å². The van der Waals surface area contributed by atoms with Gasteiger partial charge in [-0.15, -0.1) is 0 Å². The van der Waals surface area contributed by atoms with E-state index in [-0.39, 0.29) is 12.4 Å². The second-order valence-corrected chi connectivity index (χ2v) is 6.49. The Bertz CT molecular complexity index is 852. The van der Waals surface area contributed by atoms with Crippen molar-refractivity contribution >= 4 is 17.8 Å². The molecule has 28 heavy (non-hydrogen) atoms. The van der Waals surface area contributed by atoms with Crippen molar-refractivity contribution in [2.75, 3.05) is 0 Å². The molecule has 0 heterocycles. The van der Waals surface area contributed by atoms with Gasteiger partial charge >= 0.3 is 5.97 Å². The van der Waals surface area contributed by atoms with Gasteiger partial charge in [0.05, 0.1) is 0 Å². The molecule has 2 aromatic carbocycles. The van der Waals surface area contributed by atoms with Crippen LogP contribution >= 0.6 is 0 Å². The van der Waals surface area contributed by atoms with Crippen LogP contribution in [0.15, 0.2) is 48.5 Å². The van der Waals surface area contributed by atoms with E-state index < -0.39 is 29.9 Å². The molecule has 0 saturated carbocycles. The van der Waals surface area contributed by atoms with Crippen molar-refractivity contribution in [2.45, 2.75) is 39.5 Å². The van der Waals surface area contributed by atoms with Crippen LogP contribution < -0.4 is 10.6 Å². The zero-order valence-electron chi connectivity index (χ0n) is 16.0. The highest BCUT2D eigenvalue weighted by Crippen LogP contribution is 2.06. The van der Waals surface area contributed by atoms with Gasteiger partial charge in [-0.3, -0.25) is 9.59 Å². The maximum absolute atomic E-state index is 12.9. The molecular weight excluding hydrogens is 363 g/mol. The summed E-state index contributed by atoms with van der Waals surface area (Å²) in [6.45, 7) is 4.97. The summed E-state index contributed by atoms with van der Waals surface area (Å²) in [6.07, 6.45) is -1.04. The molecule has 7 heteroatoms. The molecule has 0 aliphatic rings. The number of carbonyl (C=O) groups excluding carboxylic acids is 3. The van der Waals surface area contributed by atoms with E-state index in [4.69, 9.17) is 4.74 Å². The van der Waals surface area contributed by atoms with E-state index in [0.717, 1.165) is 5.56 Å². The van der Waals surface area contributed by atoms with Gasteiger partial charge in [0.15, 0.2) is 6.10 Å². The molecular formula is C21H23FN2O4. The number of rotatable bonds is 7. The average Bonchev–Trinajstić information content (AvgIpc) is 2.67. The minimum atomic E-state index is -1.04. The molecule has 0 aliphatic heterocycles. The number of halogens is 1. The summed E-state index contributed by atoms with van der Waals surface area (Å²) >= 11 is 0. The number of nitrogens with one attached hydrogen (secondary N) is 2. The van der Waals surface area contributed by atoms with Crippen molar-refractivity contribution in [3.63, 3.8) is 0 Å². The van der Waals surface area contributed by atoms with E-state index >= 15 is 0 Å². The summed E-state index contributed by atoms with van der Waals surface area (Å²) in [7, 11) is 0. The first-order valence-corrected chi connectivity index (χ1v) is 8.86. The van der Waals surface area contributed by atoms with Gasteiger partial charge in [0, 0.05) is 12.1 Å². The number of amides is 2. The SMILES string of the molecule is Cc1cccc(C(=O)N[C@@H](C)C(=O)O[C@@H](C)C(=O)NCc2ccc(F)cc2)c1. The Balaban J connectivity index is 1.82. The van der Waals surface area contributed by atoms with Gasteiger partial charge in [0.1, 0.15) is 11.9 Å². The second-order valence-electron chi connectivity index (χ2n) is 6.49. The van der Waals surface area contributed by atoms with Crippen molar-refractivity contribution in [1.82, 2.24) is 10.6 Å². The van der Waals surface area contributed by atoms with Crippen molar-refractivity contribution in [3.8, 4) is 0 Å². The fourth-order valence-corrected chi connectivity index (χ4v) is 2.39. The monoisotopic (exact) mass is 386 g/mol. The van der Waals surface area contributed by atoms with E-state index in [1.54, 1.807) is 30.3 Å². The second kappa shape index (κ2) is 9.64. The number of hydrogen-bond donors (Lipinski definition) is 2. The molecule has 0 unspecified atom stereocenters. The highest BCUT2D eigenvalue weighted by molar-refractivity contribution is 5.97. The van der Waals surface area contributed by atoms with Crippen LogP contribution in [0.1, 0.15) is 35.3 Å². The fourth-order valence-electron chi connectivity index (χ4n) is 2.39. The van der Waals surface area contributed by atoms with Crippen molar-refractivity contribution < 1.29 is 23.5 Å². The molecule has 2 N–H and O–H groups in total. The van der Waals surface area contributed by atoms with E-state index in [0.29, 0.717) is 11.1 Å². The van der Waals surface area contributed by atoms with Crippen LogP contribution in [0.4, 0.5) is 4.39 Å². The van der Waals surface area contributed by atoms with Crippen LogP contribution in [0.3, 0.4) is 0 Å². The number of ether oxygens (including phenoxy) is 1. The Morgan fingerprint density at radius 1 is 1.07 bits per heavy atom. The number of aryl methyl sites for hydroxylation is 1. The molecule has 2 amide bonds. The Morgan fingerprint density at radius 2 is 1.75 bits per heavy atom. The zero-order chi connectivity index (χ0) is 20.7. The van der Waals surface area contributed by atoms with Gasteiger partial charge in [-0.2, -0.15) is 0 Å². The van der Waals surface area contributed by atoms with Gasteiger partial charge < -0.3 is 15.4 Å². The predicted octanol–water partition coefficient (Wildman–Crippen LogP) is 2.50. The summed E-state index contributed by atoms with van der Waals surface area (Å²) in [5.74, 6) is -1.97. The number of benzene rings is 2. The summed E-state index contributed by atoms with van der Waals surface area (Å²) in [5.41, 5.74) is 2.08. The van der Waals surface area contributed by atoms with E-state index in [1.165, 1.54) is 26.0 Å². The van der Waals surface area contributed by atoms with Crippen LogP contribution in [0.2, 0.25) is 0 Å². The topological polar surface area (TPSA) is 84.5 Å². The van der Waals surface area contributed by atoms with Gasteiger partial charge in [0.2, 0.25) is 0 Å². The van der Waals surface area contributed by atoms with Crippen molar-refractivity contribution in [3.05, 3.63) is 71.0 Å². The average molecular weight is 386 g/mol. The molecule has 0 radical (unpaired) electrons. The molecule has 2 rings (SSSR count). The predicted molar refractivity (Wildman–Crippen MR) is 102 cm³/mol. The number of esters is 1. The summed E-state index contributed by atoms with van der Waals surface area (Å²) < 4.78 is 18.0. The van der Waals surface area contributed by atoms with Crippen molar-refractivity contribution in [1.29, 1.82) is 0 Å². The quantitative estimate of drug-likeness (QED) is 0.716. The lowest BCUT2D eigenvalue weighted by molar-refractivity contribution is -0.156. The van der Waals surface area contributed by atoms with E-state index in [2.05, 4.69) is 10.6 Å². The van der Waals surface area contributed by atoms with Gasteiger partial charge in [-0.05, 0) is 50.6 Å². The standard InChI is InChI=1S/C21H23FN2O4/c1-13-5-4-6-17(11-13)20(26)24-14(2)21(27)28-15(3)19(25)23-12-16-7-9-18(22)10-8-16/h4-11,14-15H,12H2,1-3H3,(H,23,25)(H,24,26)/t14-,15-/m0/s1. The third-order valence-corrected chi connectivity index (χ3v) is 4.02. The zero-order valence-corrected chi connectivity index (χ0v) is 16.0. The first kappa shape index (κ1) is 21.1. The molecule has 6 nitrogen and oxygen atoms in total. The van der Waals surface area contributed by atoms with Gasteiger partial charge in [-0.25, -0.2) is 9.18 Å². The highest BCUT2D eigenvalue weighted by Gasteiger charge is 2.23. The Kier molecular flexibility index (Phi) is 7.26. The van der Waals surface area contributed by atoms with E-state index in [1.807, 2.05) is 13.0 Å². The van der Waals surface area contributed by atoms with Gasteiger partial charge in [-0.1, -0.05) is 29.8 Å². The molecule has 2 atom stereocenters. The molecule has 0 bridgehead atoms.